The molecular formula is C24H24F4N4S. The number of hydrogen-bond donors (Lipinski definition) is 1. The number of nitrogens with zero attached hydrogens (tertiary/aromatic N) is 3. The predicted octanol–water partition coefficient (Wildman–Crippen LogP) is 7.88. The Morgan fingerprint density at radius 1 is 1.06 bits per heavy atom. The van der Waals surface area contributed by atoms with Gasteiger partial charge in [-0.05, 0) is 36.6 Å². The minimum Gasteiger partial charge on any atom is -0.331 e. The molecule has 0 saturated heterocycles. The van der Waals surface area contributed by atoms with Gasteiger partial charge < -0.3 is 5.32 Å². The van der Waals surface area contributed by atoms with Crippen molar-refractivity contribution in [2.24, 2.45) is 0 Å². The van der Waals surface area contributed by atoms with Crippen molar-refractivity contribution < 1.29 is 17.6 Å². The van der Waals surface area contributed by atoms with E-state index in [4.69, 9.17) is 5.26 Å². The Hall–Kier alpha value is -2.99. The maximum Gasteiger partial charge on any atom is 0.416 e. The summed E-state index contributed by atoms with van der Waals surface area (Å²) in [7, 11) is 0. The average molecular weight is 477 g/mol. The van der Waals surface area contributed by atoms with Crippen LogP contribution in [0.15, 0.2) is 36.7 Å². The summed E-state index contributed by atoms with van der Waals surface area (Å²) < 4.78 is 55.5. The number of aryl methyl sites for hydroxylation is 1. The lowest BCUT2D eigenvalue weighted by atomic mass is 9.99. The van der Waals surface area contributed by atoms with Crippen molar-refractivity contribution in [3.8, 4) is 17.3 Å². The van der Waals surface area contributed by atoms with E-state index in [1.807, 2.05) is 6.07 Å². The topological polar surface area (TPSA) is 61.6 Å². The highest BCUT2D eigenvalue weighted by Crippen LogP contribution is 2.36. The van der Waals surface area contributed by atoms with Crippen molar-refractivity contribution in [2.75, 3.05) is 5.32 Å². The van der Waals surface area contributed by atoms with Crippen LogP contribution < -0.4 is 5.32 Å². The summed E-state index contributed by atoms with van der Waals surface area (Å²) in [4.78, 5) is 8.04. The lowest BCUT2D eigenvalue weighted by Crippen LogP contribution is -2.10. The molecule has 174 valence electrons. The molecule has 4 nitrogen and oxygen atoms in total. The minimum absolute atomic E-state index is 0.0113. The van der Waals surface area contributed by atoms with Crippen LogP contribution in [-0.2, 0) is 12.6 Å². The van der Waals surface area contributed by atoms with E-state index in [1.54, 1.807) is 6.07 Å². The predicted molar refractivity (Wildman–Crippen MR) is 122 cm³/mol. The third-order valence-electron chi connectivity index (χ3n) is 5.19. The summed E-state index contributed by atoms with van der Waals surface area (Å²) >= 11 is 0.677. The van der Waals surface area contributed by atoms with Gasteiger partial charge in [-0.2, -0.15) is 22.8 Å². The molecule has 0 atom stereocenters. The molecule has 2 heterocycles. The van der Waals surface area contributed by atoms with Crippen molar-refractivity contribution in [3.05, 3.63) is 58.5 Å². The molecule has 3 rings (SSSR count). The van der Waals surface area contributed by atoms with Crippen LogP contribution in [0.25, 0.3) is 11.3 Å². The summed E-state index contributed by atoms with van der Waals surface area (Å²) in [5.41, 5.74) is 0.311. The number of hydrogen-bond acceptors (Lipinski definition) is 5. The molecule has 0 saturated carbocycles. The molecule has 0 spiro atoms. The van der Waals surface area contributed by atoms with Crippen LogP contribution in [0.1, 0.15) is 62.1 Å². The average Bonchev–Trinajstić information content (AvgIpc) is 3.16. The van der Waals surface area contributed by atoms with Gasteiger partial charge in [0.2, 0.25) is 5.13 Å². The van der Waals surface area contributed by atoms with E-state index in [0.29, 0.717) is 29.7 Å². The zero-order chi connectivity index (χ0) is 23.8. The Morgan fingerprint density at radius 3 is 2.55 bits per heavy atom. The Balaban J connectivity index is 1.75. The Labute approximate surface area is 194 Å². The second kappa shape index (κ2) is 11.2. The normalized spacial score (nSPS) is 11.4. The van der Waals surface area contributed by atoms with Gasteiger partial charge in [0.25, 0.3) is 0 Å². The smallest absolute Gasteiger partial charge is 0.331 e. The standard InChI is InChI=1S/C24H24F4N4S/c1-2-3-4-5-6-7-8-17-9-10-19(12-20(17)24(26,27)28)31-23-32-21(22(25)33-23)18-11-16(13-29)14-30-15-18/h9-12,14-15H,2-8H2,1H3,(H,31,32). The number of aromatic nitrogens is 2. The Morgan fingerprint density at radius 2 is 1.82 bits per heavy atom. The zero-order valence-corrected chi connectivity index (χ0v) is 19.0. The first-order valence-corrected chi connectivity index (χ1v) is 11.6. The van der Waals surface area contributed by atoms with Gasteiger partial charge in [-0.25, -0.2) is 4.98 Å². The van der Waals surface area contributed by atoms with Gasteiger partial charge in [0.1, 0.15) is 11.8 Å². The summed E-state index contributed by atoms with van der Waals surface area (Å²) in [5, 5.41) is 11.3. The number of anilines is 2. The molecule has 0 aliphatic carbocycles. The molecule has 0 amide bonds. The lowest BCUT2D eigenvalue weighted by Gasteiger charge is -2.15. The van der Waals surface area contributed by atoms with Crippen molar-refractivity contribution in [3.63, 3.8) is 0 Å². The van der Waals surface area contributed by atoms with Gasteiger partial charge in [0.15, 0.2) is 5.13 Å². The van der Waals surface area contributed by atoms with E-state index in [1.165, 1.54) is 24.5 Å². The van der Waals surface area contributed by atoms with Crippen LogP contribution >= 0.6 is 11.3 Å². The molecule has 0 fully saturated rings. The van der Waals surface area contributed by atoms with E-state index < -0.39 is 16.9 Å². The Bertz CT molecular complexity index is 1120. The number of alkyl halides is 3. The van der Waals surface area contributed by atoms with E-state index in [0.717, 1.165) is 38.2 Å². The van der Waals surface area contributed by atoms with Gasteiger partial charge in [0.05, 0.1) is 11.1 Å². The number of thiazole rings is 1. The second-order valence-electron chi connectivity index (χ2n) is 7.73. The van der Waals surface area contributed by atoms with E-state index in [-0.39, 0.29) is 27.6 Å². The van der Waals surface area contributed by atoms with Crippen LogP contribution in [0.3, 0.4) is 0 Å². The number of rotatable bonds is 10. The van der Waals surface area contributed by atoms with Crippen molar-refractivity contribution in [1.29, 1.82) is 5.26 Å². The number of pyridine rings is 1. The monoisotopic (exact) mass is 476 g/mol. The Kier molecular flexibility index (Phi) is 8.39. The van der Waals surface area contributed by atoms with Crippen LogP contribution in [0, 0.1) is 16.5 Å². The minimum atomic E-state index is -4.49. The highest BCUT2D eigenvalue weighted by atomic mass is 32.1. The number of halogens is 4. The molecule has 33 heavy (non-hydrogen) atoms. The van der Waals surface area contributed by atoms with Crippen molar-refractivity contribution in [2.45, 2.75) is 58.0 Å². The molecule has 1 N–H and O–H groups in total. The molecule has 0 aliphatic heterocycles. The third-order valence-corrected chi connectivity index (χ3v) is 5.95. The first-order chi connectivity index (χ1) is 15.8. The van der Waals surface area contributed by atoms with Gasteiger partial charge in [-0.15, -0.1) is 0 Å². The molecule has 3 aromatic rings. The summed E-state index contributed by atoms with van der Waals surface area (Å²) in [5.74, 6) is 0. The quantitative estimate of drug-likeness (QED) is 0.239. The highest BCUT2D eigenvalue weighted by molar-refractivity contribution is 7.14. The molecule has 2 aromatic heterocycles. The zero-order valence-electron chi connectivity index (χ0n) is 18.2. The molecule has 9 heteroatoms. The first kappa shape index (κ1) is 24.6. The molecular weight excluding hydrogens is 452 g/mol. The van der Waals surface area contributed by atoms with E-state index >= 15 is 0 Å². The third kappa shape index (κ3) is 6.75. The fourth-order valence-electron chi connectivity index (χ4n) is 3.52. The molecule has 0 bridgehead atoms. The largest absolute Gasteiger partial charge is 0.416 e. The molecule has 1 aromatic carbocycles. The summed E-state index contributed by atoms with van der Waals surface area (Å²) in [6.07, 6.45) is 4.61. The van der Waals surface area contributed by atoms with E-state index in [9.17, 15) is 17.6 Å². The fourth-order valence-corrected chi connectivity index (χ4v) is 4.25. The number of nitriles is 1. The van der Waals surface area contributed by atoms with Crippen LogP contribution in [0.2, 0.25) is 0 Å². The van der Waals surface area contributed by atoms with E-state index in [2.05, 4.69) is 22.2 Å². The van der Waals surface area contributed by atoms with Crippen LogP contribution in [0.4, 0.5) is 28.4 Å². The van der Waals surface area contributed by atoms with Gasteiger partial charge >= 0.3 is 6.18 Å². The first-order valence-electron chi connectivity index (χ1n) is 10.8. The second-order valence-corrected chi connectivity index (χ2v) is 8.68. The van der Waals surface area contributed by atoms with Gasteiger partial charge in [-0.3, -0.25) is 4.98 Å². The maximum absolute atomic E-state index is 14.4. The molecule has 0 radical (unpaired) electrons. The number of nitrogens with one attached hydrogen (secondary N) is 1. The number of unbranched alkanes of at least 4 members (excludes halogenated alkanes) is 5. The number of benzene rings is 1. The SMILES string of the molecule is CCCCCCCCc1ccc(Nc2nc(-c3cncc(C#N)c3)c(F)s2)cc1C(F)(F)F. The van der Waals surface area contributed by atoms with Crippen LogP contribution in [0.5, 0.6) is 0 Å². The molecule has 0 aliphatic rings. The van der Waals surface area contributed by atoms with Crippen LogP contribution in [-0.4, -0.2) is 9.97 Å². The highest BCUT2D eigenvalue weighted by Gasteiger charge is 2.33. The fraction of sp³-hybridized carbons (Fsp3) is 0.375. The van der Waals surface area contributed by atoms with Gasteiger partial charge in [-0.1, -0.05) is 56.4 Å². The lowest BCUT2D eigenvalue weighted by molar-refractivity contribution is -0.138. The summed E-state index contributed by atoms with van der Waals surface area (Å²) in [6, 6.07) is 7.45. The van der Waals surface area contributed by atoms with Gasteiger partial charge in [0, 0.05) is 23.6 Å². The van der Waals surface area contributed by atoms with Crippen molar-refractivity contribution >= 4 is 22.2 Å². The molecule has 0 unspecified atom stereocenters. The van der Waals surface area contributed by atoms with Crippen molar-refractivity contribution in [1.82, 2.24) is 9.97 Å². The maximum atomic E-state index is 14.4. The summed E-state index contributed by atoms with van der Waals surface area (Å²) in [6.45, 7) is 2.12.